The molecule has 140 valence electrons. The molecular formula is C18H9F6NO2. The van der Waals surface area contributed by atoms with Gasteiger partial charge in [-0.1, -0.05) is 12.1 Å². The van der Waals surface area contributed by atoms with Crippen LogP contribution in [0.4, 0.5) is 26.3 Å². The van der Waals surface area contributed by atoms with E-state index in [1.807, 2.05) is 0 Å². The Morgan fingerprint density at radius 3 is 1.70 bits per heavy atom. The first kappa shape index (κ1) is 20.0. The predicted molar refractivity (Wildman–Crippen MR) is 83.3 cm³/mol. The third-order valence-corrected chi connectivity index (χ3v) is 3.48. The molecule has 0 aromatic heterocycles. The van der Waals surface area contributed by atoms with E-state index in [1.54, 1.807) is 6.07 Å². The zero-order chi connectivity index (χ0) is 20.4. The van der Waals surface area contributed by atoms with E-state index in [9.17, 15) is 36.4 Å². The molecule has 0 fully saturated rings. The van der Waals surface area contributed by atoms with Crippen molar-refractivity contribution in [2.24, 2.45) is 0 Å². The number of alkyl halides is 6. The third kappa shape index (κ3) is 4.88. The van der Waals surface area contributed by atoms with E-state index in [4.69, 9.17) is 5.11 Å². The fourth-order valence-electron chi connectivity index (χ4n) is 2.20. The van der Waals surface area contributed by atoms with Gasteiger partial charge in [-0.3, -0.25) is 0 Å². The number of benzene rings is 2. The van der Waals surface area contributed by atoms with Gasteiger partial charge in [-0.25, -0.2) is 4.79 Å². The first-order valence-electron chi connectivity index (χ1n) is 7.17. The van der Waals surface area contributed by atoms with Crippen LogP contribution in [0.1, 0.15) is 32.6 Å². The van der Waals surface area contributed by atoms with E-state index in [0.29, 0.717) is 12.1 Å². The summed E-state index contributed by atoms with van der Waals surface area (Å²) >= 11 is 0. The second-order valence-corrected chi connectivity index (χ2v) is 5.39. The first-order chi connectivity index (χ1) is 12.4. The highest BCUT2D eigenvalue weighted by molar-refractivity contribution is 5.92. The van der Waals surface area contributed by atoms with Crippen molar-refractivity contribution in [3.05, 3.63) is 70.3 Å². The Labute approximate surface area is 148 Å². The average molecular weight is 385 g/mol. The van der Waals surface area contributed by atoms with Crippen LogP contribution in [0.2, 0.25) is 0 Å². The Morgan fingerprint density at radius 2 is 1.33 bits per heavy atom. The molecule has 2 rings (SSSR count). The molecule has 0 aliphatic heterocycles. The van der Waals surface area contributed by atoms with Crippen LogP contribution in [-0.4, -0.2) is 11.1 Å². The average Bonchev–Trinajstić information content (AvgIpc) is 2.58. The maximum atomic E-state index is 12.9. The molecule has 0 aliphatic rings. The number of carboxylic acid groups (broad SMARTS) is 1. The summed E-state index contributed by atoms with van der Waals surface area (Å²) in [5.41, 5.74) is -3.62. The third-order valence-electron chi connectivity index (χ3n) is 3.48. The van der Waals surface area contributed by atoms with E-state index in [1.165, 1.54) is 12.1 Å². The van der Waals surface area contributed by atoms with Gasteiger partial charge < -0.3 is 5.11 Å². The van der Waals surface area contributed by atoms with Gasteiger partial charge in [-0.2, -0.15) is 31.6 Å². The zero-order valence-corrected chi connectivity index (χ0v) is 13.2. The summed E-state index contributed by atoms with van der Waals surface area (Å²) in [5, 5.41) is 18.0. The van der Waals surface area contributed by atoms with E-state index >= 15 is 0 Å². The molecule has 2 aromatic rings. The van der Waals surface area contributed by atoms with Gasteiger partial charge >= 0.3 is 18.3 Å². The molecule has 9 heteroatoms. The monoisotopic (exact) mass is 385 g/mol. The van der Waals surface area contributed by atoms with Crippen molar-refractivity contribution in [1.82, 2.24) is 0 Å². The van der Waals surface area contributed by atoms with Crippen LogP contribution in [-0.2, 0) is 12.4 Å². The van der Waals surface area contributed by atoms with Crippen LogP contribution in [0, 0.1) is 11.3 Å². The number of rotatable bonds is 3. The number of carbonyl (C=O) groups is 1. The molecule has 0 saturated carbocycles. The van der Waals surface area contributed by atoms with E-state index in [0.717, 1.165) is 18.2 Å². The smallest absolute Gasteiger partial charge is 0.416 e. The Bertz CT molecular complexity index is 902. The summed E-state index contributed by atoms with van der Waals surface area (Å²) in [7, 11) is 0. The second kappa shape index (κ2) is 7.15. The second-order valence-electron chi connectivity index (χ2n) is 5.39. The van der Waals surface area contributed by atoms with Crippen molar-refractivity contribution in [3.63, 3.8) is 0 Å². The van der Waals surface area contributed by atoms with E-state index < -0.39 is 35.0 Å². The van der Waals surface area contributed by atoms with Crippen LogP contribution in [0.15, 0.2) is 42.5 Å². The summed E-state index contributed by atoms with van der Waals surface area (Å²) in [6, 6.07) is 7.46. The highest BCUT2D eigenvalue weighted by Crippen LogP contribution is 2.37. The molecule has 0 amide bonds. The van der Waals surface area contributed by atoms with Crippen molar-refractivity contribution < 1.29 is 36.2 Å². The topological polar surface area (TPSA) is 61.1 Å². The SMILES string of the molecule is N#C/C(=C\c1cc(C(F)(F)F)cc(C(F)(F)F)c1)c1ccc(C(=O)O)cc1. The van der Waals surface area contributed by atoms with Crippen molar-refractivity contribution >= 4 is 17.6 Å². The van der Waals surface area contributed by atoms with Gasteiger partial charge in [0.05, 0.1) is 28.3 Å². The van der Waals surface area contributed by atoms with Crippen LogP contribution in [0.25, 0.3) is 11.6 Å². The lowest BCUT2D eigenvalue weighted by Crippen LogP contribution is -2.11. The number of halogens is 6. The van der Waals surface area contributed by atoms with Crippen molar-refractivity contribution in [3.8, 4) is 6.07 Å². The zero-order valence-electron chi connectivity index (χ0n) is 13.2. The van der Waals surface area contributed by atoms with Gasteiger partial charge in [-0.05, 0) is 47.5 Å². The maximum Gasteiger partial charge on any atom is 0.416 e. The molecular weight excluding hydrogens is 376 g/mol. The standard InChI is InChI=1S/C18H9F6NO2/c19-17(20,21)14-6-10(7-15(8-14)18(22,23)24)5-13(9-25)11-1-3-12(4-2-11)16(26)27/h1-8H,(H,26,27)/b13-5+. The quantitative estimate of drug-likeness (QED) is 0.432. The normalized spacial score (nSPS) is 12.6. The van der Waals surface area contributed by atoms with E-state index in [2.05, 4.69) is 0 Å². The molecule has 0 unspecified atom stereocenters. The number of aromatic carboxylic acids is 1. The van der Waals surface area contributed by atoms with Crippen LogP contribution in [0.3, 0.4) is 0 Å². The molecule has 0 heterocycles. The van der Waals surface area contributed by atoms with Gasteiger partial charge in [0.15, 0.2) is 0 Å². The van der Waals surface area contributed by atoms with Gasteiger partial charge in [0.1, 0.15) is 0 Å². The van der Waals surface area contributed by atoms with Crippen LogP contribution >= 0.6 is 0 Å². The molecule has 27 heavy (non-hydrogen) atoms. The number of carboxylic acids is 1. The van der Waals surface area contributed by atoms with Crippen molar-refractivity contribution in [2.75, 3.05) is 0 Å². The lowest BCUT2D eigenvalue weighted by Gasteiger charge is -2.13. The van der Waals surface area contributed by atoms with Crippen molar-refractivity contribution in [1.29, 1.82) is 5.26 Å². The molecule has 2 aromatic carbocycles. The molecule has 0 atom stereocenters. The lowest BCUT2D eigenvalue weighted by molar-refractivity contribution is -0.143. The summed E-state index contributed by atoms with van der Waals surface area (Å²) in [6.45, 7) is 0. The Morgan fingerprint density at radius 1 is 0.889 bits per heavy atom. The molecule has 1 N–H and O–H groups in total. The highest BCUT2D eigenvalue weighted by atomic mass is 19.4. The molecule has 3 nitrogen and oxygen atoms in total. The number of nitrogens with zero attached hydrogens (tertiary/aromatic N) is 1. The minimum atomic E-state index is -5.00. The Hall–Kier alpha value is -3.28. The molecule has 0 saturated heterocycles. The molecule has 0 radical (unpaired) electrons. The van der Waals surface area contributed by atoms with Gasteiger partial charge in [0, 0.05) is 0 Å². The van der Waals surface area contributed by atoms with Gasteiger partial charge in [0.2, 0.25) is 0 Å². The predicted octanol–water partition coefficient (Wildman–Crippen LogP) is 5.49. The number of hydrogen-bond acceptors (Lipinski definition) is 2. The fourth-order valence-corrected chi connectivity index (χ4v) is 2.20. The van der Waals surface area contributed by atoms with E-state index in [-0.39, 0.29) is 22.8 Å². The fraction of sp³-hybridized carbons (Fsp3) is 0.111. The first-order valence-corrected chi connectivity index (χ1v) is 7.17. The summed E-state index contributed by atoms with van der Waals surface area (Å²) in [4.78, 5) is 10.8. The Kier molecular flexibility index (Phi) is 5.31. The molecule has 0 bridgehead atoms. The number of allylic oxidation sites excluding steroid dienone is 1. The number of hydrogen-bond donors (Lipinski definition) is 1. The van der Waals surface area contributed by atoms with Crippen LogP contribution < -0.4 is 0 Å². The van der Waals surface area contributed by atoms with Gasteiger partial charge in [-0.15, -0.1) is 0 Å². The summed E-state index contributed by atoms with van der Waals surface area (Å²) in [6.07, 6.45) is -9.13. The van der Waals surface area contributed by atoms with Gasteiger partial charge in [0.25, 0.3) is 0 Å². The maximum absolute atomic E-state index is 12.9. The largest absolute Gasteiger partial charge is 0.478 e. The summed E-state index contributed by atoms with van der Waals surface area (Å²) < 4.78 is 77.3. The number of nitriles is 1. The summed E-state index contributed by atoms with van der Waals surface area (Å²) in [5.74, 6) is -1.23. The molecule has 0 aliphatic carbocycles. The molecule has 0 spiro atoms. The van der Waals surface area contributed by atoms with Crippen molar-refractivity contribution in [2.45, 2.75) is 12.4 Å². The Balaban J connectivity index is 2.57. The minimum Gasteiger partial charge on any atom is -0.478 e. The van der Waals surface area contributed by atoms with Crippen LogP contribution in [0.5, 0.6) is 0 Å². The lowest BCUT2D eigenvalue weighted by atomic mass is 9.99. The minimum absolute atomic E-state index is 0.00889. The highest BCUT2D eigenvalue weighted by Gasteiger charge is 2.36.